The molecule has 3 rings (SSSR count). The highest BCUT2D eigenvalue weighted by atomic mass is 127. The molecule has 1 aliphatic rings. The Morgan fingerprint density at radius 3 is 2.68 bits per heavy atom. The van der Waals surface area contributed by atoms with Crippen LogP contribution in [0, 0.1) is 6.92 Å². The lowest BCUT2D eigenvalue weighted by Gasteiger charge is -2.37. The van der Waals surface area contributed by atoms with Gasteiger partial charge in [-0.3, -0.25) is 9.67 Å². The number of nitrogens with zero attached hydrogens (tertiary/aromatic N) is 5. The molecule has 28 heavy (non-hydrogen) atoms. The fraction of sp³-hybridized carbons (Fsp3) is 0.500. The predicted octanol–water partition coefficient (Wildman–Crippen LogP) is 2.61. The number of ether oxygens (including phenoxy) is 1. The van der Waals surface area contributed by atoms with Gasteiger partial charge in [0.1, 0.15) is 5.75 Å². The fourth-order valence-electron chi connectivity index (χ4n) is 3.26. The Bertz CT molecular complexity index is 755. The van der Waals surface area contributed by atoms with Crippen LogP contribution < -0.4 is 15.0 Å². The minimum atomic E-state index is 0. The Kier molecular flexibility index (Phi) is 8.88. The van der Waals surface area contributed by atoms with Gasteiger partial charge in [-0.25, -0.2) is 0 Å². The molecule has 1 aromatic heterocycles. The number of guanidine groups is 1. The molecule has 154 valence electrons. The highest BCUT2D eigenvalue weighted by molar-refractivity contribution is 14.0. The number of halogens is 1. The van der Waals surface area contributed by atoms with E-state index in [1.54, 1.807) is 7.11 Å². The van der Waals surface area contributed by atoms with Crippen LogP contribution in [0.4, 0.5) is 5.69 Å². The van der Waals surface area contributed by atoms with Gasteiger partial charge in [0, 0.05) is 50.7 Å². The lowest BCUT2D eigenvalue weighted by atomic mass is 10.2. The molecule has 7 nitrogen and oxygen atoms in total. The first-order chi connectivity index (χ1) is 13.2. The summed E-state index contributed by atoms with van der Waals surface area (Å²) in [6.45, 7) is 10.4. The van der Waals surface area contributed by atoms with Crippen LogP contribution in [-0.2, 0) is 6.54 Å². The lowest BCUT2D eigenvalue weighted by Crippen LogP contribution is -2.52. The molecular weight excluding hydrogens is 467 g/mol. The van der Waals surface area contributed by atoms with Gasteiger partial charge >= 0.3 is 0 Å². The lowest BCUT2D eigenvalue weighted by molar-refractivity contribution is 0.371. The van der Waals surface area contributed by atoms with Crippen LogP contribution in [0.2, 0.25) is 0 Å². The molecule has 0 aliphatic carbocycles. The number of aryl methyl sites for hydroxylation is 1. The van der Waals surface area contributed by atoms with Gasteiger partial charge in [-0.05, 0) is 31.5 Å². The van der Waals surface area contributed by atoms with E-state index in [9.17, 15) is 0 Å². The first-order valence-electron chi connectivity index (χ1n) is 9.61. The largest absolute Gasteiger partial charge is 0.497 e. The van der Waals surface area contributed by atoms with Crippen molar-refractivity contribution >= 4 is 35.6 Å². The topological polar surface area (TPSA) is 57.9 Å². The van der Waals surface area contributed by atoms with E-state index >= 15 is 0 Å². The Hall–Kier alpha value is -1.97. The molecule has 1 fully saturated rings. The average Bonchev–Trinajstić information content (AvgIpc) is 3.12. The quantitative estimate of drug-likeness (QED) is 0.377. The highest BCUT2D eigenvalue weighted by Gasteiger charge is 2.20. The van der Waals surface area contributed by atoms with Gasteiger partial charge < -0.3 is 19.9 Å². The molecular formula is C20H31IN6O. The van der Waals surface area contributed by atoms with Crippen molar-refractivity contribution in [3.63, 3.8) is 0 Å². The number of hydrogen-bond donors (Lipinski definition) is 1. The van der Waals surface area contributed by atoms with Crippen molar-refractivity contribution in [2.45, 2.75) is 20.4 Å². The number of hydrogen-bond acceptors (Lipinski definition) is 4. The Balaban J connectivity index is 0.00000280. The third kappa shape index (κ3) is 6.02. The average molecular weight is 498 g/mol. The zero-order chi connectivity index (χ0) is 19.1. The molecule has 0 unspecified atom stereocenters. The second-order valence-corrected chi connectivity index (χ2v) is 6.69. The third-order valence-corrected chi connectivity index (χ3v) is 4.69. The van der Waals surface area contributed by atoms with Crippen molar-refractivity contribution in [1.82, 2.24) is 20.0 Å². The van der Waals surface area contributed by atoms with Crippen LogP contribution in [0.25, 0.3) is 0 Å². The summed E-state index contributed by atoms with van der Waals surface area (Å²) in [5.41, 5.74) is 2.39. The van der Waals surface area contributed by atoms with Crippen molar-refractivity contribution in [1.29, 1.82) is 0 Å². The molecule has 8 heteroatoms. The molecule has 1 saturated heterocycles. The first-order valence-corrected chi connectivity index (χ1v) is 9.61. The normalized spacial score (nSPS) is 14.6. The number of methoxy groups -OCH3 is 1. The van der Waals surface area contributed by atoms with Crippen molar-refractivity contribution < 1.29 is 4.74 Å². The zero-order valence-electron chi connectivity index (χ0n) is 17.0. The SMILES string of the molecule is CCNC(=NCCn1cc(C)cn1)N1CCN(c2cccc(OC)c2)CC1.I. The maximum absolute atomic E-state index is 5.35. The van der Waals surface area contributed by atoms with E-state index in [2.05, 4.69) is 52.4 Å². The minimum absolute atomic E-state index is 0. The molecule has 1 aliphatic heterocycles. The van der Waals surface area contributed by atoms with E-state index in [0.717, 1.165) is 57.5 Å². The van der Waals surface area contributed by atoms with Gasteiger partial charge in [-0.15, -0.1) is 24.0 Å². The molecule has 0 spiro atoms. The van der Waals surface area contributed by atoms with Gasteiger partial charge in [0.15, 0.2) is 5.96 Å². The van der Waals surface area contributed by atoms with Gasteiger partial charge in [0.2, 0.25) is 0 Å². The van der Waals surface area contributed by atoms with E-state index in [-0.39, 0.29) is 24.0 Å². The summed E-state index contributed by atoms with van der Waals surface area (Å²) in [6.07, 6.45) is 3.93. The number of anilines is 1. The Labute approximate surface area is 184 Å². The van der Waals surface area contributed by atoms with E-state index in [0.29, 0.717) is 0 Å². The third-order valence-electron chi connectivity index (χ3n) is 4.69. The van der Waals surface area contributed by atoms with Crippen LogP contribution >= 0.6 is 24.0 Å². The summed E-state index contributed by atoms with van der Waals surface area (Å²) in [4.78, 5) is 9.54. The summed E-state index contributed by atoms with van der Waals surface area (Å²) < 4.78 is 7.29. The predicted molar refractivity (Wildman–Crippen MR) is 125 cm³/mol. The van der Waals surface area contributed by atoms with Crippen molar-refractivity contribution in [2.75, 3.05) is 51.3 Å². The maximum atomic E-state index is 5.35. The monoisotopic (exact) mass is 498 g/mol. The van der Waals surface area contributed by atoms with Crippen molar-refractivity contribution in [3.8, 4) is 5.75 Å². The van der Waals surface area contributed by atoms with Gasteiger partial charge in [0.05, 0.1) is 26.4 Å². The second kappa shape index (κ2) is 11.1. The fourth-order valence-corrected chi connectivity index (χ4v) is 3.26. The highest BCUT2D eigenvalue weighted by Crippen LogP contribution is 2.22. The molecule has 1 aromatic carbocycles. The number of aromatic nitrogens is 2. The summed E-state index contributed by atoms with van der Waals surface area (Å²) >= 11 is 0. The van der Waals surface area contributed by atoms with Crippen LogP contribution in [0.3, 0.4) is 0 Å². The summed E-state index contributed by atoms with van der Waals surface area (Å²) in [5, 5.41) is 7.75. The molecule has 0 amide bonds. The number of aliphatic imine (C=N–C) groups is 1. The summed E-state index contributed by atoms with van der Waals surface area (Å²) in [5.74, 6) is 1.89. The van der Waals surface area contributed by atoms with Crippen LogP contribution in [0.15, 0.2) is 41.7 Å². The molecule has 0 saturated carbocycles. The van der Waals surface area contributed by atoms with E-state index < -0.39 is 0 Å². The minimum Gasteiger partial charge on any atom is -0.497 e. The number of piperazine rings is 1. The Morgan fingerprint density at radius 1 is 1.25 bits per heavy atom. The van der Waals surface area contributed by atoms with Gasteiger partial charge in [0.25, 0.3) is 0 Å². The first kappa shape index (κ1) is 22.3. The molecule has 1 N–H and O–H groups in total. The number of nitrogens with one attached hydrogen (secondary N) is 1. The van der Waals surface area contributed by atoms with Crippen molar-refractivity contribution in [3.05, 3.63) is 42.2 Å². The van der Waals surface area contributed by atoms with Crippen molar-refractivity contribution in [2.24, 2.45) is 4.99 Å². The molecule has 2 heterocycles. The second-order valence-electron chi connectivity index (χ2n) is 6.69. The van der Waals surface area contributed by atoms with E-state index in [1.807, 2.05) is 23.0 Å². The van der Waals surface area contributed by atoms with Gasteiger partial charge in [-0.1, -0.05) is 6.07 Å². The summed E-state index contributed by atoms with van der Waals surface area (Å²) in [6, 6.07) is 8.27. The molecule has 2 aromatic rings. The smallest absolute Gasteiger partial charge is 0.194 e. The maximum Gasteiger partial charge on any atom is 0.194 e. The van der Waals surface area contributed by atoms with Crippen LogP contribution in [-0.4, -0.2) is 67.0 Å². The number of benzene rings is 1. The van der Waals surface area contributed by atoms with Crippen LogP contribution in [0.1, 0.15) is 12.5 Å². The van der Waals surface area contributed by atoms with Crippen LogP contribution in [0.5, 0.6) is 5.75 Å². The summed E-state index contributed by atoms with van der Waals surface area (Å²) in [7, 11) is 1.71. The van der Waals surface area contributed by atoms with Gasteiger partial charge in [-0.2, -0.15) is 5.10 Å². The van der Waals surface area contributed by atoms with E-state index in [4.69, 9.17) is 9.73 Å². The molecule has 0 atom stereocenters. The zero-order valence-corrected chi connectivity index (χ0v) is 19.3. The molecule has 0 radical (unpaired) electrons. The molecule has 0 bridgehead atoms. The standard InChI is InChI=1S/C20H30N6O.HI/c1-4-21-20(22-8-9-26-16-17(2)15-23-26)25-12-10-24(11-13-25)18-6-5-7-19(14-18)27-3;/h5-7,14-16H,4,8-13H2,1-3H3,(H,21,22);1H. The Morgan fingerprint density at radius 2 is 2.04 bits per heavy atom. The number of rotatable bonds is 6. The van der Waals surface area contributed by atoms with E-state index in [1.165, 1.54) is 11.3 Å².